The maximum Gasteiger partial charge on any atom is 0.345 e. The molecule has 1 heterocycles. The van der Waals surface area contributed by atoms with Crippen LogP contribution in [-0.2, 0) is 0 Å². The lowest BCUT2D eigenvalue weighted by Crippen LogP contribution is -2.10. The van der Waals surface area contributed by atoms with Crippen LogP contribution in [0.3, 0.4) is 0 Å². The van der Waals surface area contributed by atoms with Crippen LogP contribution in [0.1, 0.15) is 22.8 Å². The summed E-state index contributed by atoms with van der Waals surface area (Å²) in [5, 5.41) is 8.99. The Bertz CT molecular complexity index is 757. The van der Waals surface area contributed by atoms with E-state index < -0.39 is 5.97 Å². The standard InChI is InChI=1S/C15H10Br2N2O3/c1-2-21-13-4-9(6-18)3-12(17)14(13)22-15(20)10-5-11(16)8-19-7-10/h3-5,7-8H,2H2,1H3. The van der Waals surface area contributed by atoms with Gasteiger partial charge in [0.15, 0.2) is 11.5 Å². The Kier molecular flexibility index (Phi) is 5.52. The van der Waals surface area contributed by atoms with Gasteiger partial charge < -0.3 is 9.47 Å². The van der Waals surface area contributed by atoms with E-state index >= 15 is 0 Å². The maximum atomic E-state index is 12.2. The number of aromatic nitrogens is 1. The van der Waals surface area contributed by atoms with Crippen LogP contribution in [0.5, 0.6) is 11.5 Å². The second-order valence-corrected chi connectivity index (χ2v) is 5.88. The molecular weight excluding hydrogens is 416 g/mol. The Hall–Kier alpha value is -1.91. The van der Waals surface area contributed by atoms with E-state index in [9.17, 15) is 4.79 Å². The van der Waals surface area contributed by atoms with Gasteiger partial charge in [0.1, 0.15) is 0 Å². The molecule has 0 radical (unpaired) electrons. The van der Waals surface area contributed by atoms with Gasteiger partial charge in [-0.2, -0.15) is 5.26 Å². The Morgan fingerprint density at radius 3 is 2.73 bits per heavy atom. The van der Waals surface area contributed by atoms with Gasteiger partial charge in [-0.05, 0) is 50.9 Å². The van der Waals surface area contributed by atoms with Crippen molar-refractivity contribution < 1.29 is 14.3 Å². The van der Waals surface area contributed by atoms with Crippen molar-refractivity contribution in [2.75, 3.05) is 6.61 Å². The molecule has 0 N–H and O–H groups in total. The summed E-state index contributed by atoms with van der Waals surface area (Å²) in [5.41, 5.74) is 0.701. The fourth-order valence-corrected chi connectivity index (χ4v) is 2.56. The molecule has 1 aromatic heterocycles. The van der Waals surface area contributed by atoms with Crippen molar-refractivity contribution in [1.82, 2.24) is 4.98 Å². The number of nitrogens with zero attached hydrogens (tertiary/aromatic N) is 2. The van der Waals surface area contributed by atoms with Crippen molar-refractivity contribution in [1.29, 1.82) is 5.26 Å². The highest BCUT2D eigenvalue weighted by molar-refractivity contribution is 9.10. The summed E-state index contributed by atoms with van der Waals surface area (Å²) in [6, 6.07) is 6.71. The molecule has 0 unspecified atom stereocenters. The maximum absolute atomic E-state index is 12.2. The van der Waals surface area contributed by atoms with Crippen molar-refractivity contribution in [2.45, 2.75) is 6.92 Å². The molecule has 0 aliphatic heterocycles. The lowest BCUT2D eigenvalue weighted by Gasteiger charge is -2.12. The molecule has 112 valence electrons. The van der Waals surface area contributed by atoms with E-state index in [4.69, 9.17) is 14.7 Å². The summed E-state index contributed by atoms with van der Waals surface area (Å²) in [5.74, 6) is -0.0179. The number of carbonyl (C=O) groups excluding carboxylic acids is 1. The van der Waals surface area contributed by atoms with Crippen molar-refractivity contribution in [3.63, 3.8) is 0 Å². The molecule has 5 nitrogen and oxygen atoms in total. The SMILES string of the molecule is CCOc1cc(C#N)cc(Br)c1OC(=O)c1cncc(Br)c1. The summed E-state index contributed by atoms with van der Waals surface area (Å²) >= 11 is 6.54. The number of carbonyl (C=O) groups is 1. The summed E-state index contributed by atoms with van der Waals surface area (Å²) in [7, 11) is 0. The molecule has 0 fully saturated rings. The smallest absolute Gasteiger partial charge is 0.345 e. The molecule has 22 heavy (non-hydrogen) atoms. The van der Waals surface area contributed by atoms with Crippen LogP contribution >= 0.6 is 31.9 Å². The Labute approximate surface area is 144 Å². The van der Waals surface area contributed by atoms with E-state index in [0.717, 1.165) is 0 Å². The molecule has 0 bridgehead atoms. The minimum atomic E-state index is -0.569. The van der Waals surface area contributed by atoms with Gasteiger partial charge in [-0.3, -0.25) is 4.98 Å². The van der Waals surface area contributed by atoms with Crippen LogP contribution in [0.15, 0.2) is 39.5 Å². The second kappa shape index (κ2) is 7.38. The Balaban J connectivity index is 2.36. The fraction of sp³-hybridized carbons (Fsp3) is 0.133. The van der Waals surface area contributed by atoms with Crippen LogP contribution < -0.4 is 9.47 Å². The predicted octanol–water partition coefficient (Wildman–Crippen LogP) is 4.10. The average molecular weight is 426 g/mol. The van der Waals surface area contributed by atoms with Gasteiger partial charge in [0.2, 0.25) is 0 Å². The zero-order chi connectivity index (χ0) is 16.1. The van der Waals surface area contributed by atoms with Gasteiger partial charge in [-0.1, -0.05) is 0 Å². The quantitative estimate of drug-likeness (QED) is 0.544. The molecule has 0 saturated heterocycles. The van der Waals surface area contributed by atoms with Crippen LogP contribution in [-0.4, -0.2) is 17.6 Å². The lowest BCUT2D eigenvalue weighted by atomic mass is 10.2. The van der Waals surface area contributed by atoms with Crippen LogP contribution in [0, 0.1) is 11.3 Å². The molecule has 2 rings (SSSR count). The van der Waals surface area contributed by atoms with Gasteiger partial charge in [-0.25, -0.2) is 4.79 Å². The first kappa shape index (κ1) is 16.5. The van der Waals surface area contributed by atoms with E-state index in [1.165, 1.54) is 12.3 Å². The first-order valence-corrected chi connectivity index (χ1v) is 7.83. The number of benzene rings is 1. The average Bonchev–Trinajstić information content (AvgIpc) is 2.50. The van der Waals surface area contributed by atoms with Gasteiger partial charge >= 0.3 is 5.97 Å². The van der Waals surface area contributed by atoms with Gasteiger partial charge in [-0.15, -0.1) is 0 Å². The molecule has 0 amide bonds. The topological polar surface area (TPSA) is 72.2 Å². The second-order valence-electron chi connectivity index (χ2n) is 4.11. The van der Waals surface area contributed by atoms with Gasteiger partial charge in [0, 0.05) is 22.9 Å². The minimum absolute atomic E-state index is 0.228. The van der Waals surface area contributed by atoms with E-state index in [-0.39, 0.29) is 5.75 Å². The van der Waals surface area contributed by atoms with Crippen molar-refractivity contribution >= 4 is 37.8 Å². The number of nitriles is 1. The molecule has 2 aromatic rings. The Morgan fingerprint density at radius 2 is 2.09 bits per heavy atom. The molecule has 0 aliphatic rings. The number of halogens is 2. The molecule has 0 spiro atoms. The molecule has 0 saturated carbocycles. The fourth-order valence-electron chi connectivity index (χ4n) is 1.67. The van der Waals surface area contributed by atoms with Gasteiger partial charge in [0.05, 0.1) is 28.3 Å². The molecule has 0 aliphatic carbocycles. The van der Waals surface area contributed by atoms with E-state index in [0.29, 0.717) is 32.4 Å². The molecule has 0 atom stereocenters. The zero-order valence-corrected chi connectivity index (χ0v) is 14.6. The van der Waals surface area contributed by atoms with Crippen molar-refractivity contribution in [3.8, 4) is 17.6 Å². The highest BCUT2D eigenvalue weighted by atomic mass is 79.9. The predicted molar refractivity (Wildman–Crippen MR) is 86.9 cm³/mol. The molecule has 1 aromatic carbocycles. The van der Waals surface area contributed by atoms with Crippen LogP contribution in [0.4, 0.5) is 0 Å². The van der Waals surface area contributed by atoms with E-state index in [2.05, 4.69) is 36.8 Å². The summed E-state index contributed by atoms with van der Waals surface area (Å²) in [4.78, 5) is 16.1. The van der Waals surface area contributed by atoms with Crippen LogP contribution in [0.2, 0.25) is 0 Å². The third kappa shape index (κ3) is 3.84. The third-order valence-corrected chi connectivity index (χ3v) is 3.60. The number of rotatable bonds is 4. The highest BCUT2D eigenvalue weighted by Crippen LogP contribution is 2.37. The largest absolute Gasteiger partial charge is 0.490 e. The van der Waals surface area contributed by atoms with E-state index in [1.807, 2.05) is 6.07 Å². The number of hydrogen-bond acceptors (Lipinski definition) is 5. The first-order chi connectivity index (χ1) is 10.5. The molecular formula is C15H10Br2N2O3. The Morgan fingerprint density at radius 1 is 1.32 bits per heavy atom. The summed E-state index contributed by atoms with van der Waals surface area (Å²) < 4.78 is 12.0. The summed E-state index contributed by atoms with van der Waals surface area (Å²) in [6.45, 7) is 2.18. The number of pyridine rings is 1. The zero-order valence-electron chi connectivity index (χ0n) is 11.5. The normalized spacial score (nSPS) is 9.91. The third-order valence-electron chi connectivity index (χ3n) is 2.57. The van der Waals surface area contributed by atoms with Crippen LogP contribution in [0.25, 0.3) is 0 Å². The molecule has 7 heteroatoms. The lowest BCUT2D eigenvalue weighted by molar-refractivity contribution is 0.0726. The summed E-state index contributed by atoms with van der Waals surface area (Å²) in [6.07, 6.45) is 2.98. The van der Waals surface area contributed by atoms with Crippen molar-refractivity contribution in [2.24, 2.45) is 0 Å². The number of hydrogen-bond donors (Lipinski definition) is 0. The number of esters is 1. The van der Waals surface area contributed by atoms with E-state index in [1.54, 1.807) is 25.3 Å². The number of ether oxygens (including phenoxy) is 2. The minimum Gasteiger partial charge on any atom is -0.490 e. The highest BCUT2D eigenvalue weighted by Gasteiger charge is 2.17. The monoisotopic (exact) mass is 424 g/mol. The van der Waals surface area contributed by atoms with Gasteiger partial charge in [0.25, 0.3) is 0 Å². The first-order valence-electron chi connectivity index (χ1n) is 6.24. The van der Waals surface area contributed by atoms with Crippen molar-refractivity contribution in [3.05, 3.63) is 50.7 Å².